The third-order valence-electron chi connectivity index (χ3n) is 5.17. The van der Waals surface area contributed by atoms with Crippen LogP contribution in [-0.2, 0) is 10.2 Å². The number of fused-ring (bicyclic) bond motifs is 3. The summed E-state index contributed by atoms with van der Waals surface area (Å²) >= 11 is 0. The number of nitrogens with zero attached hydrogens (tertiary/aromatic N) is 3. The fourth-order valence-electron chi connectivity index (χ4n) is 4.02. The van der Waals surface area contributed by atoms with Crippen molar-refractivity contribution in [3.8, 4) is 11.3 Å². The highest BCUT2D eigenvalue weighted by Crippen LogP contribution is 2.45. The molecule has 4 rings (SSSR count). The number of aliphatic hydroxyl groups is 1. The molecule has 1 saturated heterocycles. The Bertz CT molecular complexity index is 864. The quantitative estimate of drug-likeness (QED) is 0.835. The summed E-state index contributed by atoms with van der Waals surface area (Å²) in [5, 5.41) is 15.9. The molecule has 3 N–H and O–H groups in total. The molecule has 0 spiro atoms. The zero-order valence-corrected chi connectivity index (χ0v) is 13.9. The minimum Gasteiger partial charge on any atom is -0.393 e. The summed E-state index contributed by atoms with van der Waals surface area (Å²) in [6.07, 6.45) is 3.95. The zero-order chi connectivity index (χ0) is 16.9. The second-order valence-electron chi connectivity index (χ2n) is 6.47. The first-order valence-corrected chi connectivity index (χ1v) is 9.54. The molecule has 3 heterocycles. The van der Waals surface area contributed by atoms with Gasteiger partial charge in [0.05, 0.1) is 30.4 Å². The molecule has 0 radical (unpaired) electrons. The Hall–Kier alpha value is -1.74. The standard InChI is InChI=1S/C16H20N4O3S/c17-24(22,23)19-7-5-13(15(21)6-8-19)16-12-4-2-1-3-11(12)14-9-18-10-20(14)16/h1-4,9-10,13,15-16,21H,5-8H2,(H2,17,22,23)/t13-,15-,16-/m1/s1. The Balaban J connectivity index is 1.71. The molecule has 1 aromatic carbocycles. The van der Waals surface area contributed by atoms with Crippen LogP contribution in [-0.4, -0.2) is 46.6 Å². The number of rotatable bonds is 2. The second kappa shape index (κ2) is 5.66. The van der Waals surface area contributed by atoms with Gasteiger partial charge in [-0.1, -0.05) is 24.3 Å². The van der Waals surface area contributed by atoms with E-state index in [4.69, 9.17) is 5.14 Å². The van der Waals surface area contributed by atoms with Crippen LogP contribution in [0.2, 0.25) is 0 Å². The van der Waals surface area contributed by atoms with Gasteiger partial charge in [0.2, 0.25) is 0 Å². The first kappa shape index (κ1) is 15.8. The molecule has 2 aromatic rings. The maximum Gasteiger partial charge on any atom is 0.276 e. The van der Waals surface area contributed by atoms with Gasteiger partial charge < -0.3 is 9.67 Å². The number of imidazole rings is 1. The lowest BCUT2D eigenvalue weighted by atomic mass is 9.85. The van der Waals surface area contributed by atoms with E-state index in [1.54, 1.807) is 6.33 Å². The lowest BCUT2D eigenvalue weighted by molar-refractivity contribution is 0.0836. The van der Waals surface area contributed by atoms with Crippen LogP contribution in [0.25, 0.3) is 11.3 Å². The molecule has 2 aliphatic rings. The van der Waals surface area contributed by atoms with Crippen LogP contribution in [0, 0.1) is 5.92 Å². The summed E-state index contributed by atoms with van der Waals surface area (Å²) in [6.45, 7) is 0.574. The first-order valence-electron chi connectivity index (χ1n) is 8.04. The zero-order valence-electron chi connectivity index (χ0n) is 13.1. The summed E-state index contributed by atoms with van der Waals surface area (Å²) in [6, 6.07) is 8.08. The summed E-state index contributed by atoms with van der Waals surface area (Å²) in [5.74, 6) is -0.0895. The molecular weight excluding hydrogens is 328 g/mol. The number of nitrogens with two attached hydrogens (primary N) is 1. The van der Waals surface area contributed by atoms with E-state index in [9.17, 15) is 13.5 Å². The molecule has 3 atom stereocenters. The van der Waals surface area contributed by atoms with Crippen LogP contribution in [0.3, 0.4) is 0 Å². The average Bonchev–Trinajstić information content (AvgIpc) is 3.05. The molecule has 1 aromatic heterocycles. The maximum absolute atomic E-state index is 11.6. The van der Waals surface area contributed by atoms with Gasteiger partial charge in [0.15, 0.2) is 0 Å². The van der Waals surface area contributed by atoms with E-state index < -0.39 is 16.3 Å². The molecule has 128 valence electrons. The van der Waals surface area contributed by atoms with Gasteiger partial charge in [-0.15, -0.1) is 0 Å². The minimum absolute atomic E-state index is 0.0332. The third kappa shape index (κ3) is 2.46. The van der Waals surface area contributed by atoms with E-state index in [1.807, 2.05) is 18.3 Å². The van der Waals surface area contributed by atoms with Crippen LogP contribution < -0.4 is 5.14 Å². The van der Waals surface area contributed by atoms with Gasteiger partial charge in [-0.25, -0.2) is 10.1 Å². The molecule has 7 nitrogen and oxygen atoms in total. The van der Waals surface area contributed by atoms with Crippen molar-refractivity contribution in [1.82, 2.24) is 13.9 Å². The van der Waals surface area contributed by atoms with Gasteiger partial charge in [0.25, 0.3) is 10.2 Å². The number of hydrogen-bond acceptors (Lipinski definition) is 4. The molecule has 0 amide bonds. The predicted octanol–water partition coefficient (Wildman–Crippen LogP) is 0.729. The Morgan fingerprint density at radius 1 is 1.21 bits per heavy atom. The van der Waals surface area contributed by atoms with Gasteiger partial charge in [-0.2, -0.15) is 12.7 Å². The summed E-state index contributed by atoms with van der Waals surface area (Å²) in [5.41, 5.74) is 3.32. The smallest absolute Gasteiger partial charge is 0.276 e. The largest absolute Gasteiger partial charge is 0.393 e. The molecule has 0 saturated carbocycles. The van der Waals surface area contributed by atoms with Crippen molar-refractivity contribution in [2.24, 2.45) is 11.1 Å². The SMILES string of the molecule is NS(=O)(=O)N1CC[C@@H]([C@H]2c3ccccc3-c3cncn32)[C@H](O)CC1. The highest BCUT2D eigenvalue weighted by molar-refractivity contribution is 7.86. The Morgan fingerprint density at radius 2 is 1.96 bits per heavy atom. The van der Waals surface area contributed by atoms with E-state index in [1.165, 1.54) is 4.31 Å². The Labute approximate surface area is 140 Å². The first-order chi connectivity index (χ1) is 11.5. The van der Waals surface area contributed by atoms with Crippen molar-refractivity contribution in [3.05, 3.63) is 42.4 Å². The molecule has 0 unspecified atom stereocenters. The summed E-state index contributed by atoms with van der Waals surface area (Å²) in [7, 11) is -3.73. The predicted molar refractivity (Wildman–Crippen MR) is 89.2 cm³/mol. The molecule has 0 aliphatic carbocycles. The van der Waals surface area contributed by atoms with E-state index in [2.05, 4.69) is 21.7 Å². The minimum atomic E-state index is -3.73. The van der Waals surface area contributed by atoms with Crippen molar-refractivity contribution < 1.29 is 13.5 Å². The van der Waals surface area contributed by atoms with E-state index in [-0.39, 0.29) is 18.5 Å². The maximum atomic E-state index is 11.6. The van der Waals surface area contributed by atoms with Crippen molar-refractivity contribution in [3.63, 3.8) is 0 Å². The fourth-order valence-corrected chi connectivity index (χ4v) is 4.74. The van der Waals surface area contributed by atoms with Crippen molar-refractivity contribution in [2.45, 2.75) is 25.0 Å². The molecule has 1 fully saturated rings. The van der Waals surface area contributed by atoms with Gasteiger partial charge in [0.1, 0.15) is 0 Å². The molecule has 0 bridgehead atoms. The van der Waals surface area contributed by atoms with Gasteiger partial charge in [-0.05, 0) is 18.4 Å². The van der Waals surface area contributed by atoms with Crippen LogP contribution in [0.5, 0.6) is 0 Å². The van der Waals surface area contributed by atoms with Crippen molar-refractivity contribution in [2.75, 3.05) is 13.1 Å². The molecule has 24 heavy (non-hydrogen) atoms. The van der Waals surface area contributed by atoms with Crippen LogP contribution in [0.15, 0.2) is 36.8 Å². The Morgan fingerprint density at radius 3 is 2.75 bits per heavy atom. The van der Waals surface area contributed by atoms with Crippen LogP contribution >= 0.6 is 0 Å². The third-order valence-corrected chi connectivity index (χ3v) is 6.25. The van der Waals surface area contributed by atoms with Crippen molar-refractivity contribution in [1.29, 1.82) is 0 Å². The van der Waals surface area contributed by atoms with Crippen LogP contribution in [0.4, 0.5) is 0 Å². The monoisotopic (exact) mass is 348 g/mol. The normalized spacial score (nSPS) is 27.5. The number of aromatic nitrogens is 2. The van der Waals surface area contributed by atoms with E-state index >= 15 is 0 Å². The van der Waals surface area contributed by atoms with Gasteiger partial charge in [-0.3, -0.25) is 0 Å². The number of benzene rings is 1. The number of aliphatic hydroxyl groups excluding tert-OH is 1. The lowest BCUT2D eigenvalue weighted by Gasteiger charge is -2.28. The average molecular weight is 348 g/mol. The summed E-state index contributed by atoms with van der Waals surface area (Å²) in [4.78, 5) is 4.25. The highest BCUT2D eigenvalue weighted by Gasteiger charge is 2.39. The topological polar surface area (TPSA) is 101 Å². The van der Waals surface area contributed by atoms with Gasteiger partial charge >= 0.3 is 0 Å². The van der Waals surface area contributed by atoms with E-state index in [0.717, 1.165) is 16.8 Å². The van der Waals surface area contributed by atoms with E-state index in [0.29, 0.717) is 19.4 Å². The summed E-state index contributed by atoms with van der Waals surface area (Å²) < 4.78 is 26.6. The van der Waals surface area contributed by atoms with Crippen LogP contribution in [0.1, 0.15) is 24.4 Å². The fraction of sp³-hybridized carbons (Fsp3) is 0.438. The molecule has 8 heteroatoms. The molecule has 2 aliphatic heterocycles. The highest BCUT2D eigenvalue weighted by atomic mass is 32.2. The van der Waals surface area contributed by atoms with Crippen molar-refractivity contribution >= 4 is 10.2 Å². The second-order valence-corrected chi connectivity index (χ2v) is 8.02. The lowest BCUT2D eigenvalue weighted by Crippen LogP contribution is -2.37. The number of hydrogen-bond donors (Lipinski definition) is 2. The molecular formula is C16H20N4O3S. The Kier molecular flexibility index (Phi) is 3.72. The van der Waals surface area contributed by atoms with Gasteiger partial charge in [0, 0.05) is 24.6 Å².